The summed E-state index contributed by atoms with van der Waals surface area (Å²) in [6.07, 6.45) is 1.19. The van der Waals surface area contributed by atoms with E-state index >= 15 is 0 Å². The number of ether oxygens (including phenoxy) is 1. The van der Waals surface area contributed by atoms with E-state index in [0.29, 0.717) is 16.9 Å². The number of hydrogen-bond donors (Lipinski definition) is 2. The second-order valence-electron chi connectivity index (χ2n) is 5.19. The topological polar surface area (TPSA) is 91.2 Å². The molecular formula is C19H15ClFN3O3. The number of nitrogens with one attached hydrogen (secondary N) is 2. The van der Waals surface area contributed by atoms with Crippen LogP contribution in [0.5, 0.6) is 0 Å². The van der Waals surface area contributed by atoms with Gasteiger partial charge in [0.1, 0.15) is 17.5 Å². The molecule has 138 valence electrons. The summed E-state index contributed by atoms with van der Waals surface area (Å²) >= 11 is 5.67. The number of rotatable bonds is 6. The lowest BCUT2D eigenvalue weighted by atomic mass is 10.2. The second-order valence-corrected chi connectivity index (χ2v) is 5.60. The molecule has 27 heavy (non-hydrogen) atoms. The van der Waals surface area contributed by atoms with Crippen LogP contribution in [0.4, 0.5) is 15.8 Å². The highest BCUT2D eigenvalue weighted by Crippen LogP contribution is 2.19. The monoisotopic (exact) mass is 387 g/mol. The van der Waals surface area contributed by atoms with Gasteiger partial charge in [0.15, 0.2) is 0 Å². The van der Waals surface area contributed by atoms with E-state index < -0.39 is 17.7 Å². The standard InChI is InChI=1S/C19H15ClFN3O3/c1-2-27-19(26)12-3-5-14(6-4-12)24-18(25)13(10-22)11-23-15-7-8-17(21)16(20)9-15/h3-9,11,23H,2H2,1H3,(H,24,25)/b13-11-. The summed E-state index contributed by atoms with van der Waals surface area (Å²) < 4.78 is 18.0. The maximum absolute atomic E-state index is 13.1. The lowest BCUT2D eigenvalue weighted by molar-refractivity contribution is -0.112. The van der Waals surface area contributed by atoms with Crippen molar-refractivity contribution in [2.24, 2.45) is 0 Å². The molecule has 2 aromatic rings. The van der Waals surface area contributed by atoms with Gasteiger partial charge >= 0.3 is 5.97 Å². The number of carbonyl (C=O) groups is 2. The van der Waals surface area contributed by atoms with E-state index in [4.69, 9.17) is 21.6 Å². The third-order valence-corrected chi connectivity index (χ3v) is 3.61. The van der Waals surface area contributed by atoms with Crippen molar-refractivity contribution in [3.05, 3.63) is 70.6 Å². The number of anilines is 2. The molecule has 0 aliphatic heterocycles. The number of halogens is 2. The maximum Gasteiger partial charge on any atom is 0.338 e. The molecule has 0 atom stereocenters. The van der Waals surface area contributed by atoms with Crippen LogP contribution in [0.15, 0.2) is 54.2 Å². The van der Waals surface area contributed by atoms with Gasteiger partial charge in [-0.3, -0.25) is 4.79 Å². The van der Waals surface area contributed by atoms with Crippen molar-refractivity contribution in [3.8, 4) is 6.07 Å². The molecule has 2 N–H and O–H groups in total. The maximum atomic E-state index is 13.1. The predicted molar refractivity (Wildman–Crippen MR) is 99.8 cm³/mol. The van der Waals surface area contributed by atoms with Crippen molar-refractivity contribution in [2.45, 2.75) is 6.92 Å². The van der Waals surface area contributed by atoms with E-state index in [2.05, 4.69) is 10.6 Å². The minimum atomic E-state index is -0.651. The smallest absolute Gasteiger partial charge is 0.338 e. The van der Waals surface area contributed by atoms with Crippen LogP contribution < -0.4 is 10.6 Å². The predicted octanol–water partition coefficient (Wildman–Crippen LogP) is 4.11. The van der Waals surface area contributed by atoms with Gasteiger partial charge in [-0.2, -0.15) is 5.26 Å². The Hall–Kier alpha value is -3.37. The third-order valence-electron chi connectivity index (χ3n) is 3.32. The molecule has 0 bridgehead atoms. The molecule has 0 saturated carbocycles. The van der Waals surface area contributed by atoms with E-state index in [-0.39, 0.29) is 17.2 Å². The molecule has 0 saturated heterocycles. The Labute approximate surface area is 160 Å². The minimum absolute atomic E-state index is 0.0851. The molecule has 0 radical (unpaired) electrons. The highest BCUT2D eigenvalue weighted by molar-refractivity contribution is 6.31. The van der Waals surface area contributed by atoms with Crippen LogP contribution in [-0.2, 0) is 9.53 Å². The van der Waals surface area contributed by atoms with Crippen LogP contribution in [0.1, 0.15) is 17.3 Å². The van der Waals surface area contributed by atoms with E-state index in [9.17, 15) is 14.0 Å². The Balaban J connectivity index is 2.05. The fraction of sp³-hybridized carbons (Fsp3) is 0.105. The van der Waals surface area contributed by atoms with Gasteiger partial charge in [-0.25, -0.2) is 9.18 Å². The molecule has 6 nitrogen and oxygen atoms in total. The Bertz CT molecular complexity index is 921. The number of nitrogens with zero attached hydrogens (tertiary/aromatic N) is 1. The average molecular weight is 388 g/mol. The van der Waals surface area contributed by atoms with Crippen LogP contribution in [0.2, 0.25) is 5.02 Å². The molecule has 0 aromatic heterocycles. The number of carbonyl (C=O) groups excluding carboxylic acids is 2. The van der Waals surface area contributed by atoms with E-state index in [1.54, 1.807) is 13.0 Å². The summed E-state index contributed by atoms with van der Waals surface area (Å²) in [4.78, 5) is 23.8. The van der Waals surface area contributed by atoms with Gasteiger partial charge in [0.25, 0.3) is 5.91 Å². The number of esters is 1. The Morgan fingerprint density at radius 2 is 1.89 bits per heavy atom. The molecular weight excluding hydrogens is 373 g/mol. The van der Waals surface area contributed by atoms with Gasteiger partial charge in [0.2, 0.25) is 0 Å². The van der Waals surface area contributed by atoms with E-state index in [1.807, 2.05) is 0 Å². The van der Waals surface area contributed by atoms with Crippen molar-refractivity contribution in [3.63, 3.8) is 0 Å². The highest BCUT2D eigenvalue weighted by Gasteiger charge is 2.11. The van der Waals surface area contributed by atoms with Gasteiger partial charge in [-0.1, -0.05) is 11.6 Å². The summed E-state index contributed by atoms with van der Waals surface area (Å²) in [5, 5.41) is 14.3. The average Bonchev–Trinajstić information content (AvgIpc) is 2.66. The largest absolute Gasteiger partial charge is 0.462 e. The fourth-order valence-electron chi connectivity index (χ4n) is 1.99. The summed E-state index contributed by atoms with van der Waals surface area (Å²) in [5.74, 6) is -1.69. The molecule has 0 heterocycles. The summed E-state index contributed by atoms with van der Waals surface area (Å²) in [6, 6.07) is 11.7. The second kappa shape index (κ2) is 9.36. The number of amides is 1. The molecule has 0 aliphatic rings. The Morgan fingerprint density at radius 1 is 1.22 bits per heavy atom. The van der Waals surface area contributed by atoms with E-state index in [0.717, 1.165) is 6.07 Å². The molecule has 2 aromatic carbocycles. The third kappa shape index (κ3) is 5.56. The first-order valence-corrected chi connectivity index (χ1v) is 8.22. The van der Waals surface area contributed by atoms with E-state index in [1.165, 1.54) is 42.6 Å². The lowest BCUT2D eigenvalue weighted by Crippen LogP contribution is -2.14. The first-order valence-electron chi connectivity index (χ1n) is 7.85. The SMILES string of the molecule is CCOC(=O)c1ccc(NC(=O)/C(C#N)=C\Nc2ccc(F)c(Cl)c2)cc1. The molecule has 0 spiro atoms. The van der Waals surface area contributed by atoms with Gasteiger partial charge in [0.05, 0.1) is 17.2 Å². The van der Waals surface area contributed by atoms with Crippen molar-refractivity contribution in [1.82, 2.24) is 0 Å². The molecule has 8 heteroatoms. The summed E-state index contributed by atoms with van der Waals surface area (Å²) in [5.41, 5.74) is 0.963. The highest BCUT2D eigenvalue weighted by atomic mass is 35.5. The number of hydrogen-bond acceptors (Lipinski definition) is 5. The quantitative estimate of drug-likeness (QED) is 0.442. The van der Waals surface area contributed by atoms with Crippen molar-refractivity contribution >= 4 is 34.9 Å². The van der Waals surface area contributed by atoms with Crippen LogP contribution in [0.25, 0.3) is 0 Å². The van der Waals surface area contributed by atoms with Crippen LogP contribution in [-0.4, -0.2) is 18.5 Å². The van der Waals surface area contributed by atoms with Crippen LogP contribution in [0, 0.1) is 17.1 Å². The Kier molecular flexibility index (Phi) is 6.92. The first-order chi connectivity index (χ1) is 12.9. The molecule has 1 amide bonds. The van der Waals surface area contributed by atoms with Gasteiger partial charge < -0.3 is 15.4 Å². The summed E-state index contributed by atoms with van der Waals surface area (Å²) in [6.45, 7) is 1.97. The van der Waals surface area contributed by atoms with Gasteiger partial charge in [0, 0.05) is 17.6 Å². The Morgan fingerprint density at radius 3 is 2.48 bits per heavy atom. The molecule has 2 rings (SSSR count). The normalized spacial score (nSPS) is 10.7. The number of nitriles is 1. The van der Waals surface area contributed by atoms with Crippen molar-refractivity contribution in [1.29, 1.82) is 5.26 Å². The van der Waals surface area contributed by atoms with Gasteiger partial charge in [-0.15, -0.1) is 0 Å². The van der Waals surface area contributed by atoms with Crippen molar-refractivity contribution in [2.75, 3.05) is 17.2 Å². The van der Waals surface area contributed by atoms with Gasteiger partial charge in [-0.05, 0) is 49.4 Å². The zero-order valence-corrected chi connectivity index (χ0v) is 15.0. The van der Waals surface area contributed by atoms with Crippen molar-refractivity contribution < 1.29 is 18.7 Å². The fourth-order valence-corrected chi connectivity index (χ4v) is 2.17. The van der Waals surface area contributed by atoms with Crippen LogP contribution >= 0.6 is 11.6 Å². The molecule has 0 fully saturated rings. The summed E-state index contributed by atoms with van der Waals surface area (Å²) in [7, 11) is 0. The molecule has 0 unspecified atom stereocenters. The number of benzene rings is 2. The minimum Gasteiger partial charge on any atom is -0.462 e. The first kappa shape index (κ1) is 19.9. The zero-order valence-electron chi connectivity index (χ0n) is 14.3. The lowest BCUT2D eigenvalue weighted by Gasteiger charge is -2.07. The van der Waals surface area contributed by atoms with Crippen LogP contribution in [0.3, 0.4) is 0 Å². The molecule has 0 aliphatic carbocycles. The zero-order chi connectivity index (χ0) is 19.8.